The van der Waals surface area contributed by atoms with Gasteiger partial charge in [0.2, 0.25) is 11.7 Å². The molecule has 1 aromatic rings. The van der Waals surface area contributed by atoms with Crippen molar-refractivity contribution in [2.24, 2.45) is 5.92 Å². The Labute approximate surface area is 119 Å². The number of benzene rings is 1. The lowest BCUT2D eigenvalue weighted by atomic mass is 9.85. The van der Waals surface area contributed by atoms with Crippen LogP contribution in [-0.4, -0.2) is 27.2 Å². The van der Waals surface area contributed by atoms with Crippen LogP contribution in [0.5, 0.6) is 17.2 Å². The van der Waals surface area contributed by atoms with Crippen LogP contribution < -0.4 is 19.5 Å². The molecule has 110 valence electrons. The van der Waals surface area contributed by atoms with E-state index < -0.39 is 0 Å². The number of rotatable bonds is 6. The Kier molecular flexibility index (Phi) is 4.71. The highest BCUT2D eigenvalue weighted by molar-refractivity contribution is 5.79. The van der Waals surface area contributed by atoms with Crippen molar-refractivity contribution in [1.82, 2.24) is 5.32 Å². The zero-order valence-corrected chi connectivity index (χ0v) is 12.2. The first-order chi connectivity index (χ1) is 9.69. The van der Waals surface area contributed by atoms with E-state index in [1.165, 1.54) is 0 Å². The Morgan fingerprint density at radius 3 is 2.15 bits per heavy atom. The Bertz CT molecular complexity index is 458. The van der Waals surface area contributed by atoms with E-state index in [0.29, 0.717) is 23.8 Å². The third-order valence-corrected chi connectivity index (χ3v) is 3.67. The summed E-state index contributed by atoms with van der Waals surface area (Å²) >= 11 is 0. The number of carbonyl (C=O) groups is 1. The Balaban J connectivity index is 2.08. The third kappa shape index (κ3) is 2.98. The topological polar surface area (TPSA) is 56.8 Å². The summed E-state index contributed by atoms with van der Waals surface area (Å²) in [7, 11) is 4.72. The van der Waals surface area contributed by atoms with Crippen LogP contribution in [0.3, 0.4) is 0 Å². The highest BCUT2D eigenvalue weighted by Gasteiger charge is 2.24. The molecule has 1 aliphatic rings. The van der Waals surface area contributed by atoms with Crippen LogP contribution in [0.15, 0.2) is 12.1 Å². The van der Waals surface area contributed by atoms with Crippen molar-refractivity contribution in [2.45, 2.75) is 25.8 Å². The number of hydrogen-bond donors (Lipinski definition) is 1. The molecule has 20 heavy (non-hydrogen) atoms. The van der Waals surface area contributed by atoms with Gasteiger partial charge in [0.1, 0.15) is 0 Å². The van der Waals surface area contributed by atoms with Crippen molar-refractivity contribution in [3.8, 4) is 17.2 Å². The van der Waals surface area contributed by atoms with Crippen molar-refractivity contribution < 1.29 is 19.0 Å². The number of hydrogen-bond acceptors (Lipinski definition) is 4. The van der Waals surface area contributed by atoms with Crippen molar-refractivity contribution in [1.29, 1.82) is 0 Å². The smallest absolute Gasteiger partial charge is 0.223 e. The molecule has 1 aromatic carbocycles. The van der Waals surface area contributed by atoms with Gasteiger partial charge in [0.15, 0.2) is 11.5 Å². The fraction of sp³-hybridized carbons (Fsp3) is 0.533. The molecule has 0 atom stereocenters. The maximum atomic E-state index is 11.8. The van der Waals surface area contributed by atoms with Crippen LogP contribution in [0.1, 0.15) is 24.8 Å². The predicted octanol–water partition coefficient (Wildman–Crippen LogP) is 2.13. The Morgan fingerprint density at radius 1 is 1.15 bits per heavy atom. The molecule has 2 rings (SSSR count). The van der Waals surface area contributed by atoms with Gasteiger partial charge in [0.25, 0.3) is 0 Å². The van der Waals surface area contributed by atoms with Crippen molar-refractivity contribution in [3.63, 3.8) is 0 Å². The van der Waals surface area contributed by atoms with Crippen LogP contribution in [0.4, 0.5) is 0 Å². The molecule has 1 N–H and O–H groups in total. The van der Waals surface area contributed by atoms with Crippen LogP contribution in [-0.2, 0) is 11.3 Å². The summed E-state index contributed by atoms with van der Waals surface area (Å²) < 4.78 is 15.8. The van der Waals surface area contributed by atoms with Crippen LogP contribution >= 0.6 is 0 Å². The predicted molar refractivity (Wildman–Crippen MR) is 75.3 cm³/mol. The van der Waals surface area contributed by atoms with E-state index >= 15 is 0 Å². The second-order valence-electron chi connectivity index (χ2n) is 4.88. The van der Waals surface area contributed by atoms with Gasteiger partial charge in [0, 0.05) is 12.5 Å². The third-order valence-electron chi connectivity index (χ3n) is 3.67. The molecule has 0 bridgehead atoms. The largest absolute Gasteiger partial charge is 0.493 e. The normalized spacial score (nSPS) is 14.3. The fourth-order valence-corrected chi connectivity index (χ4v) is 2.24. The van der Waals surface area contributed by atoms with Crippen molar-refractivity contribution in [3.05, 3.63) is 17.7 Å². The summed E-state index contributed by atoms with van der Waals surface area (Å²) in [6.45, 7) is 0.464. The number of amides is 1. The molecular formula is C15H21NO4. The second-order valence-corrected chi connectivity index (χ2v) is 4.88. The van der Waals surface area contributed by atoms with E-state index in [9.17, 15) is 4.79 Å². The summed E-state index contributed by atoms with van der Waals surface area (Å²) in [5, 5.41) is 2.95. The number of nitrogens with one attached hydrogen (secondary N) is 1. The summed E-state index contributed by atoms with van der Waals surface area (Å²) in [6, 6.07) is 3.70. The van der Waals surface area contributed by atoms with Crippen molar-refractivity contribution in [2.75, 3.05) is 21.3 Å². The van der Waals surface area contributed by atoms with Gasteiger partial charge in [-0.05, 0) is 30.5 Å². The summed E-state index contributed by atoms with van der Waals surface area (Å²) in [5.74, 6) is 2.07. The highest BCUT2D eigenvalue weighted by Crippen LogP contribution is 2.38. The van der Waals surface area contributed by atoms with E-state index in [4.69, 9.17) is 14.2 Å². The van der Waals surface area contributed by atoms with Gasteiger partial charge < -0.3 is 19.5 Å². The molecule has 0 radical (unpaired) electrons. The number of methoxy groups -OCH3 is 3. The zero-order valence-electron chi connectivity index (χ0n) is 12.2. The maximum absolute atomic E-state index is 11.8. The second kappa shape index (κ2) is 6.50. The lowest BCUT2D eigenvalue weighted by Crippen LogP contribution is -2.33. The van der Waals surface area contributed by atoms with Crippen LogP contribution in [0, 0.1) is 5.92 Å². The SMILES string of the molecule is COc1cc(CNC(=O)C2CCC2)cc(OC)c1OC. The summed E-state index contributed by atoms with van der Waals surface area (Å²) in [4.78, 5) is 11.8. The Morgan fingerprint density at radius 2 is 1.75 bits per heavy atom. The van der Waals surface area contributed by atoms with Gasteiger partial charge >= 0.3 is 0 Å². The van der Waals surface area contributed by atoms with E-state index in [1.807, 2.05) is 12.1 Å². The van der Waals surface area contributed by atoms with Gasteiger partial charge in [-0.2, -0.15) is 0 Å². The lowest BCUT2D eigenvalue weighted by molar-refractivity contribution is -0.127. The van der Waals surface area contributed by atoms with E-state index in [2.05, 4.69) is 5.32 Å². The number of ether oxygens (including phenoxy) is 3. The van der Waals surface area contributed by atoms with Crippen molar-refractivity contribution >= 4 is 5.91 Å². The molecule has 1 aliphatic carbocycles. The quantitative estimate of drug-likeness (QED) is 0.866. The average molecular weight is 279 g/mol. The average Bonchev–Trinajstić information content (AvgIpc) is 2.41. The molecule has 1 fully saturated rings. The molecule has 1 saturated carbocycles. The standard InChI is InChI=1S/C15H21NO4/c1-18-12-7-10(8-13(19-2)14(12)20-3)9-16-15(17)11-5-4-6-11/h7-8,11H,4-6,9H2,1-3H3,(H,16,17). The molecule has 0 heterocycles. The minimum atomic E-state index is 0.130. The molecule has 0 spiro atoms. The van der Waals surface area contributed by atoms with Gasteiger partial charge in [0.05, 0.1) is 21.3 Å². The van der Waals surface area contributed by atoms with Gasteiger partial charge in [-0.3, -0.25) is 4.79 Å². The van der Waals surface area contributed by atoms with Gasteiger partial charge in [-0.1, -0.05) is 6.42 Å². The lowest BCUT2D eigenvalue weighted by Gasteiger charge is -2.24. The minimum Gasteiger partial charge on any atom is -0.493 e. The molecule has 0 aromatic heterocycles. The van der Waals surface area contributed by atoms with E-state index in [0.717, 1.165) is 24.8 Å². The van der Waals surface area contributed by atoms with Gasteiger partial charge in [-0.25, -0.2) is 0 Å². The first kappa shape index (κ1) is 14.5. The summed E-state index contributed by atoms with van der Waals surface area (Å²) in [6.07, 6.45) is 3.16. The first-order valence-electron chi connectivity index (χ1n) is 6.76. The molecule has 5 heteroatoms. The molecular weight excluding hydrogens is 258 g/mol. The van der Waals surface area contributed by atoms with E-state index in [1.54, 1.807) is 21.3 Å². The van der Waals surface area contributed by atoms with Crippen LogP contribution in [0.2, 0.25) is 0 Å². The zero-order chi connectivity index (χ0) is 14.5. The van der Waals surface area contributed by atoms with Gasteiger partial charge in [-0.15, -0.1) is 0 Å². The molecule has 0 aliphatic heterocycles. The number of carbonyl (C=O) groups excluding carboxylic acids is 1. The summed E-state index contributed by atoms with van der Waals surface area (Å²) in [5.41, 5.74) is 0.923. The monoisotopic (exact) mass is 279 g/mol. The highest BCUT2D eigenvalue weighted by atomic mass is 16.5. The fourth-order valence-electron chi connectivity index (χ4n) is 2.24. The van der Waals surface area contributed by atoms with E-state index in [-0.39, 0.29) is 11.8 Å². The van der Waals surface area contributed by atoms with Crippen LogP contribution in [0.25, 0.3) is 0 Å². The maximum Gasteiger partial charge on any atom is 0.223 e. The molecule has 0 unspecified atom stereocenters. The molecule has 0 saturated heterocycles. The minimum absolute atomic E-state index is 0.130. The molecule has 5 nitrogen and oxygen atoms in total. The first-order valence-corrected chi connectivity index (χ1v) is 6.76. The Hall–Kier alpha value is -1.91. The molecule has 1 amide bonds.